The highest BCUT2D eigenvalue weighted by atomic mass is 19.4. The third kappa shape index (κ3) is 4.75. The van der Waals surface area contributed by atoms with Crippen molar-refractivity contribution in [1.29, 1.82) is 0 Å². The van der Waals surface area contributed by atoms with Gasteiger partial charge in [-0.05, 0) is 80.8 Å². The number of carbonyl (C=O) groups excluding carboxylic acids is 4. The van der Waals surface area contributed by atoms with E-state index in [-0.39, 0.29) is 41.2 Å². The van der Waals surface area contributed by atoms with Crippen molar-refractivity contribution in [1.82, 2.24) is 9.80 Å². The maximum absolute atomic E-state index is 12.9. The molecule has 6 fully saturated rings. The van der Waals surface area contributed by atoms with Crippen LogP contribution in [0, 0.1) is 11.8 Å². The van der Waals surface area contributed by atoms with E-state index in [1.54, 1.807) is 4.90 Å². The number of rotatable bonds is 2. The van der Waals surface area contributed by atoms with Gasteiger partial charge in [0.15, 0.2) is 0 Å². The van der Waals surface area contributed by atoms with E-state index in [0.717, 1.165) is 72.6 Å². The van der Waals surface area contributed by atoms with Gasteiger partial charge in [-0.1, -0.05) is 24.3 Å². The number of benzene rings is 2. The second-order valence-electron chi connectivity index (χ2n) is 12.5. The molecular weight excluding hydrogens is 618 g/mol. The zero-order chi connectivity index (χ0) is 32.7. The first-order chi connectivity index (χ1) is 21.8. The Morgan fingerprint density at radius 2 is 1.11 bits per heavy atom. The zero-order valence-electron chi connectivity index (χ0n) is 24.2. The molecule has 6 aliphatic heterocycles. The standard InChI is InChI=1S/C16H15F3N2O2.C16H13F3N2O2/c2*17-16(18,19)10-2-1-3-12(8-10)21-14(22)13-9-4-6-11(7-5-9)20(13)15(21)23/h1-3,8-9,11,13H,4-7H2;1-4,6,8-9,11,13H,5,7H2/t2*9?,11?,13-/m01/s1. The van der Waals surface area contributed by atoms with Crippen LogP contribution in [0.1, 0.15) is 49.7 Å². The Morgan fingerprint density at radius 3 is 1.57 bits per heavy atom. The lowest BCUT2D eigenvalue weighted by molar-refractivity contribution is -0.138. The number of halogens is 6. The number of anilines is 2. The molecule has 8 nitrogen and oxygen atoms in total. The smallest absolute Gasteiger partial charge is 0.309 e. The summed E-state index contributed by atoms with van der Waals surface area (Å²) in [5.41, 5.74) is -1.75. The van der Waals surface area contributed by atoms with Crippen LogP contribution in [-0.4, -0.2) is 57.8 Å². The minimum atomic E-state index is -4.52. The van der Waals surface area contributed by atoms with Crippen LogP contribution in [0.25, 0.3) is 0 Å². The molecule has 1 saturated carbocycles. The van der Waals surface area contributed by atoms with Crippen LogP contribution in [0.2, 0.25) is 0 Å². The van der Waals surface area contributed by atoms with Gasteiger partial charge in [0.1, 0.15) is 12.1 Å². The molecule has 0 spiro atoms. The predicted octanol–water partition coefficient (Wildman–Crippen LogP) is 6.61. The quantitative estimate of drug-likeness (QED) is 0.209. The SMILES string of the molecule is O=C1[C@@H]2C3CCC(CC3)N2C(=O)N1c1cccc(C(F)(F)F)c1.O=C1[C@H]2C3C=CC(CC3)N2C(=O)N1c1cccc(C(F)(F)F)c1. The van der Waals surface area contributed by atoms with E-state index in [4.69, 9.17) is 0 Å². The van der Waals surface area contributed by atoms with Gasteiger partial charge in [-0.2, -0.15) is 26.3 Å². The summed E-state index contributed by atoms with van der Waals surface area (Å²) < 4.78 is 77.3. The van der Waals surface area contributed by atoms with Gasteiger partial charge in [-0.3, -0.25) is 9.59 Å². The van der Waals surface area contributed by atoms with Gasteiger partial charge in [0, 0.05) is 12.0 Å². The van der Waals surface area contributed by atoms with E-state index in [0.29, 0.717) is 0 Å². The molecule has 0 aromatic heterocycles. The second-order valence-corrected chi connectivity index (χ2v) is 12.5. The van der Waals surface area contributed by atoms with Crippen LogP contribution in [-0.2, 0) is 21.9 Å². The fraction of sp³-hybridized carbons (Fsp3) is 0.438. The van der Waals surface area contributed by atoms with Crippen LogP contribution in [0.15, 0.2) is 60.7 Å². The summed E-state index contributed by atoms with van der Waals surface area (Å²) in [5.74, 6) is -0.739. The Morgan fingerprint density at radius 1 is 0.587 bits per heavy atom. The van der Waals surface area contributed by atoms with Crippen LogP contribution in [0.4, 0.5) is 47.3 Å². The number of hydrogen-bond acceptors (Lipinski definition) is 4. The minimum absolute atomic E-state index is 0.00336. The molecule has 6 amide bonds. The molecular formula is C32H28F6N4O4. The number of carbonyl (C=O) groups is 4. The van der Waals surface area contributed by atoms with Crippen LogP contribution >= 0.6 is 0 Å². The van der Waals surface area contributed by atoms with Gasteiger partial charge in [0.25, 0.3) is 11.8 Å². The molecule has 10 rings (SSSR count). The highest BCUT2D eigenvalue weighted by Gasteiger charge is 2.57. The third-order valence-electron chi connectivity index (χ3n) is 9.95. The van der Waals surface area contributed by atoms with Crippen molar-refractivity contribution in [2.24, 2.45) is 11.8 Å². The van der Waals surface area contributed by atoms with Gasteiger partial charge in [-0.25, -0.2) is 19.4 Å². The first-order valence-corrected chi connectivity index (χ1v) is 15.1. The Bertz CT molecular complexity index is 1530. The first-order valence-electron chi connectivity index (χ1n) is 15.1. The molecule has 2 aromatic carbocycles. The molecule has 8 aliphatic rings. The monoisotopic (exact) mass is 646 g/mol. The molecule has 14 heteroatoms. The number of hydrogen-bond donors (Lipinski definition) is 0. The lowest BCUT2D eigenvalue weighted by Gasteiger charge is -2.45. The van der Waals surface area contributed by atoms with E-state index >= 15 is 0 Å². The number of urea groups is 2. The molecule has 4 atom stereocenters. The van der Waals surface area contributed by atoms with E-state index in [9.17, 15) is 45.5 Å². The van der Waals surface area contributed by atoms with Crippen molar-refractivity contribution in [3.05, 3.63) is 71.8 Å². The number of fused-ring (bicyclic) bond motifs is 3. The van der Waals surface area contributed by atoms with Gasteiger partial charge < -0.3 is 9.80 Å². The Hall–Kier alpha value is -4.36. The first kappa shape index (κ1) is 30.3. The minimum Gasteiger partial charge on any atom is -0.309 e. The summed E-state index contributed by atoms with van der Waals surface area (Å²) in [6, 6.07) is 6.57. The Kier molecular flexibility index (Phi) is 6.98. The van der Waals surface area contributed by atoms with Crippen molar-refractivity contribution >= 4 is 35.3 Å². The molecule has 6 heterocycles. The lowest BCUT2D eigenvalue weighted by Crippen LogP contribution is -2.54. The Balaban J connectivity index is 0.000000147. The largest absolute Gasteiger partial charge is 0.416 e. The van der Waals surface area contributed by atoms with Gasteiger partial charge in [0.2, 0.25) is 0 Å². The van der Waals surface area contributed by atoms with E-state index < -0.39 is 53.5 Å². The van der Waals surface area contributed by atoms with E-state index in [1.807, 2.05) is 12.2 Å². The van der Waals surface area contributed by atoms with Crippen LogP contribution in [0.3, 0.4) is 0 Å². The fourth-order valence-electron chi connectivity index (χ4n) is 7.84. The maximum atomic E-state index is 12.9. The summed E-state index contributed by atoms with van der Waals surface area (Å²) in [6.45, 7) is 0. The summed E-state index contributed by atoms with van der Waals surface area (Å²) >= 11 is 0. The number of imide groups is 2. The van der Waals surface area contributed by atoms with Crippen molar-refractivity contribution < 1.29 is 45.5 Å². The summed E-state index contributed by atoms with van der Waals surface area (Å²) in [7, 11) is 0. The van der Waals surface area contributed by atoms with Crippen LogP contribution in [0.5, 0.6) is 0 Å². The van der Waals surface area contributed by atoms with Crippen molar-refractivity contribution in [3.63, 3.8) is 0 Å². The zero-order valence-corrected chi connectivity index (χ0v) is 24.2. The molecule has 5 saturated heterocycles. The van der Waals surface area contributed by atoms with E-state index in [1.165, 1.54) is 29.2 Å². The third-order valence-corrected chi connectivity index (χ3v) is 9.95. The molecule has 242 valence electrons. The highest BCUT2D eigenvalue weighted by molar-refractivity contribution is 6.22. The number of piperidine rings is 3. The molecule has 2 unspecified atom stereocenters. The van der Waals surface area contributed by atoms with Gasteiger partial charge in [-0.15, -0.1) is 0 Å². The van der Waals surface area contributed by atoms with Crippen molar-refractivity contribution in [2.75, 3.05) is 9.80 Å². The molecule has 0 N–H and O–H groups in total. The highest BCUT2D eigenvalue weighted by Crippen LogP contribution is 2.45. The fourth-order valence-corrected chi connectivity index (χ4v) is 7.84. The normalized spacial score (nSPS) is 29.8. The average molecular weight is 647 g/mol. The molecule has 2 aliphatic carbocycles. The lowest BCUT2D eigenvalue weighted by atomic mass is 9.75. The summed E-state index contributed by atoms with van der Waals surface area (Å²) in [6.07, 6.45) is -0.0221. The average Bonchev–Trinajstić information content (AvgIpc) is 3.49. The van der Waals surface area contributed by atoms with E-state index in [2.05, 4.69) is 0 Å². The van der Waals surface area contributed by atoms with Crippen LogP contribution < -0.4 is 9.80 Å². The molecule has 4 bridgehead atoms. The number of nitrogens with zero attached hydrogens (tertiary/aromatic N) is 4. The second kappa shape index (κ2) is 10.6. The molecule has 2 aromatic rings. The van der Waals surface area contributed by atoms with Gasteiger partial charge in [0.05, 0.1) is 28.5 Å². The van der Waals surface area contributed by atoms with Gasteiger partial charge >= 0.3 is 24.4 Å². The van der Waals surface area contributed by atoms with Crippen molar-refractivity contribution in [2.45, 2.75) is 75.0 Å². The molecule has 0 radical (unpaired) electrons. The Labute approximate surface area is 259 Å². The summed E-state index contributed by atoms with van der Waals surface area (Å²) in [5, 5.41) is 0. The number of amides is 6. The number of alkyl halides is 6. The van der Waals surface area contributed by atoms with Crippen molar-refractivity contribution in [3.8, 4) is 0 Å². The topological polar surface area (TPSA) is 81.2 Å². The predicted molar refractivity (Wildman–Crippen MR) is 151 cm³/mol. The summed E-state index contributed by atoms with van der Waals surface area (Å²) in [4.78, 5) is 55.5. The molecule has 46 heavy (non-hydrogen) atoms. The maximum Gasteiger partial charge on any atom is 0.416 e.